The molecule has 3 nitrogen and oxygen atoms in total. The zero-order valence-electron chi connectivity index (χ0n) is 16.0. The molecular weight excluding hydrogens is 360 g/mol. The summed E-state index contributed by atoms with van der Waals surface area (Å²) < 4.78 is 0. The van der Waals surface area contributed by atoms with E-state index in [1.807, 2.05) is 42.5 Å². The molecule has 0 saturated heterocycles. The maximum Gasteiger partial charge on any atom is 0.328 e. The summed E-state index contributed by atoms with van der Waals surface area (Å²) in [6.45, 7) is 0. The van der Waals surface area contributed by atoms with Crippen LogP contribution in [0.15, 0.2) is 78.9 Å². The summed E-state index contributed by atoms with van der Waals surface area (Å²) in [7, 11) is 0. The molecule has 3 heteroatoms. The van der Waals surface area contributed by atoms with Gasteiger partial charge in [0.15, 0.2) is 0 Å². The van der Waals surface area contributed by atoms with Crippen molar-refractivity contribution in [1.82, 2.24) is 0 Å². The smallest absolute Gasteiger partial charge is 0.328 e. The van der Waals surface area contributed by atoms with Crippen LogP contribution in [0.25, 0.3) is 17.2 Å². The van der Waals surface area contributed by atoms with E-state index in [-0.39, 0.29) is 0 Å². The van der Waals surface area contributed by atoms with Gasteiger partial charge >= 0.3 is 5.97 Å². The van der Waals surface area contributed by atoms with Crippen molar-refractivity contribution >= 4 is 23.2 Å². The molecule has 0 saturated carbocycles. The molecule has 0 aliphatic heterocycles. The molecule has 4 rings (SSSR count). The number of phenols is 1. The van der Waals surface area contributed by atoms with Crippen molar-refractivity contribution in [3.8, 4) is 5.75 Å². The number of carboxylic acid groups (broad SMARTS) is 1. The van der Waals surface area contributed by atoms with Crippen molar-refractivity contribution in [2.24, 2.45) is 0 Å². The Balaban J connectivity index is 1.89. The van der Waals surface area contributed by atoms with E-state index in [9.17, 15) is 9.90 Å². The van der Waals surface area contributed by atoms with Crippen LogP contribution in [0.4, 0.5) is 0 Å². The normalized spacial score (nSPS) is 13.9. The predicted molar refractivity (Wildman–Crippen MR) is 117 cm³/mol. The summed E-state index contributed by atoms with van der Waals surface area (Å²) in [6.07, 6.45) is 5.63. The maximum absolute atomic E-state index is 10.8. The van der Waals surface area contributed by atoms with Gasteiger partial charge < -0.3 is 10.2 Å². The van der Waals surface area contributed by atoms with Crippen LogP contribution < -0.4 is 0 Å². The maximum atomic E-state index is 10.8. The molecule has 144 valence electrons. The monoisotopic (exact) mass is 382 g/mol. The van der Waals surface area contributed by atoms with E-state index in [0.29, 0.717) is 5.75 Å². The van der Waals surface area contributed by atoms with Crippen LogP contribution in [0.3, 0.4) is 0 Å². The standard InChI is InChI=1S/C26H22O3/c27-22-14-15-24-21(17-22)7-4-8-23(19-5-2-1-3-6-19)26(24)20-12-9-18(10-13-20)11-16-25(28)29/h1-3,5-6,9-17,27H,4,7-8H2,(H,28,29). The molecule has 0 atom stereocenters. The van der Waals surface area contributed by atoms with Gasteiger partial charge in [-0.05, 0) is 76.4 Å². The van der Waals surface area contributed by atoms with Crippen LogP contribution in [0.1, 0.15) is 40.7 Å². The number of aryl methyl sites for hydroxylation is 1. The molecule has 0 amide bonds. The Morgan fingerprint density at radius 1 is 0.862 bits per heavy atom. The van der Waals surface area contributed by atoms with Crippen LogP contribution in [0, 0.1) is 0 Å². The third-order valence-electron chi connectivity index (χ3n) is 5.27. The lowest BCUT2D eigenvalue weighted by Gasteiger charge is -2.17. The van der Waals surface area contributed by atoms with E-state index < -0.39 is 5.97 Å². The van der Waals surface area contributed by atoms with Crippen LogP contribution >= 0.6 is 0 Å². The number of hydrogen-bond acceptors (Lipinski definition) is 2. The van der Waals surface area contributed by atoms with Gasteiger partial charge in [-0.1, -0.05) is 60.7 Å². The lowest BCUT2D eigenvalue weighted by atomic mass is 9.87. The number of rotatable bonds is 4. The third-order valence-corrected chi connectivity index (χ3v) is 5.27. The van der Waals surface area contributed by atoms with Crippen LogP contribution in [0.2, 0.25) is 0 Å². The first-order chi connectivity index (χ1) is 14.1. The molecule has 0 bridgehead atoms. The molecule has 0 spiro atoms. The average Bonchev–Trinajstić information content (AvgIpc) is 2.92. The first-order valence-corrected chi connectivity index (χ1v) is 9.74. The fourth-order valence-corrected chi connectivity index (χ4v) is 3.96. The van der Waals surface area contributed by atoms with Gasteiger partial charge in [0.25, 0.3) is 0 Å². The van der Waals surface area contributed by atoms with Crippen LogP contribution in [0.5, 0.6) is 5.75 Å². The summed E-state index contributed by atoms with van der Waals surface area (Å²) in [5, 5.41) is 18.8. The lowest BCUT2D eigenvalue weighted by Crippen LogP contribution is -1.96. The minimum absolute atomic E-state index is 0.292. The van der Waals surface area contributed by atoms with Crippen molar-refractivity contribution in [3.63, 3.8) is 0 Å². The molecule has 0 aromatic heterocycles. The zero-order valence-corrected chi connectivity index (χ0v) is 16.0. The molecule has 0 unspecified atom stereocenters. The van der Waals surface area contributed by atoms with Gasteiger partial charge in [0, 0.05) is 6.08 Å². The summed E-state index contributed by atoms with van der Waals surface area (Å²) in [4.78, 5) is 10.8. The molecule has 1 aliphatic carbocycles. The molecule has 2 N–H and O–H groups in total. The van der Waals surface area contributed by atoms with E-state index in [1.54, 1.807) is 12.1 Å². The van der Waals surface area contributed by atoms with Gasteiger partial charge in [-0.3, -0.25) is 0 Å². The second-order valence-corrected chi connectivity index (χ2v) is 7.21. The first kappa shape index (κ1) is 18.8. The largest absolute Gasteiger partial charge is 0.508 e. The Hall–Kier alpha value is -3.59. The molecule has 1 aliphatic rings. The Morgan fingerprint density at radius 2 is 1.62 bits per heavy atom. The molecule has 0 radical (unpaired) electrons. The van der Waals surface area contributed by atoms with Gasteiger partial charge in [0.1, 0.15) is 5.75 Å². The SMILES string of the molecule is O=C(O)C=Cc1ccc(C2=C(c3ccccc3)CCCc3cc(O)ccc32)cc1. The second-order valence-electron chi connectivity index (χ2n) is 7.21. The number of phenolic OH excluding ortho intramolecular Hbond substituents is 1. The third kappa shape index (κ3) is 4.14. The number of hydrogen-bond donors (Lipinski definition) is 2. The lowest BCUT2D eigenvalue weighted by molar-refractivity contribution is -0.131. The highest BCUT2D eigenvalue weighted by Gasteiger charge is 2.20. The van der Waals surface area contributed by atoms with Gasteiger partial charge in [-0.2, -0.15) is 0 Å². The summed E-state index contributed by atoms with van der Waals surface area (Å²) in [5.74, 6) is -0.666. The van der Waals surface area contributed by atoms with E-state index in [2.05, 4.69) is 24.3 Å². The summed E-state index contributed by atoms with van der Waals surface area (Å²) in [5.41, 5.74) is 7.91. The highest BCUT2D eigenvalue weighted by molar-refractivity contribution is 6.00. The number of carbonyl (C=O) groups is 1. The van der Waals surface area contributed by atoms with Gasteiger partial charge in [-0.25, -0.2) is 4.79 Å². The Labute approximate surface area is 170 Å². The van der Waals surface area contributed by atoms with Crippen LogP contribution in [-0.2, 0) is 11.2 Å². The number of allylic oxidation sites excluding steroid dienone is 1. The van der Waals surface area contributed by atoms with Crippen molar-refractivity contribution in [1.29, 1.82) is 0 Å². The molecule has 0 heterocycles. The number of aromatic hydroxyl groups is 1. The van der Waals surface area contributed by atoms with E-state index in [0.717, 1.165) is 47.6 Å². The summed E-state index contributed by atoms with van der Waals surface area (Å²) in [6, 6.07) is 24.0. The highest BCUT2D eigenvalue weighted by Crippen LogP contribution is 2.40. The first-order valence-electron chi connectivity index (χ1n) is 9.74. The topological polar surface area (TPSA) is 57.5 Å². The van der Waals surface area contributed by atoms with Crippen LogP contribution in [-0.4, -0.2) is 16.2 Å². The van der Waals surface area contributed by atoms with Gasteiger partial charge in [0.05, 0.1) is 0 Å². The van der Waals surface area contributed by atoms with Gasteiger partial charge in [-0.15, -0.1) is 0 Å². The summed E-state index contributed by atoms with van der Waals surface area (Å²) >= 11 is 0. The molecule has 0 fully saturated rings. The number of fused-ring (bicyclic) bond motifs is 1. The number of carboxylic acids is 1. The fraction of sp³-hybridized carbons (Fsp3) is 0.115. The minimum atomic E-state index is -0.958. The molecule has 29 heavy (non-hydrogen) atoms. The van der Waals surface area contributed by atoms with Crippen molar-refractivity contribution in [2.45, 2.75) is 19.3 Å². The highest BCUT2D eigenvalue weighted by atomic mass is 16.4. The van der Waals surface area contributed by atoms with Crippen molar-refractivity contribution < 1.29 is 15.0 Å². The number of benzene rings is 3. The van der Waals surface area contributed by atoms with Crippen molar-refractivity contribution in [2.75, 3.05) is 0 Å². The molecular formula is C26H22O3. The number of aliphatic carboxylic acids is 1. The molecule has 3 aromatic carbocycles. The Bertz CT molecular complexity index is 1090. The average molecular weight is 382 g/mol. The quantitative estimate of drug-likeness (QED) is 0.562. The Kier molecular flexibility index (Phi) is 5.30. The molecule has 3 aromatic rings. The second kappa shape index (κ2) is 8.19. The fourth-order valence-electron chi connectivity index (χ4n) is 3.96. The predicted octanol–water partition coefficient (Wildman–Crippen LogP) is 5.79. The minimum Gasteiger partial charge on any atom is -0.508 e. The van der Waals surface area contributed by atoms with E-state index in [1.165, 1.54) is 16.7 Å². The van der Waals surface area contributed by atoms with E-state index in [4.69, 9.17) is 5.11 Å². The van der Waals surface area contributed by atoms with Gasteiger partial charge in [0.2, 0.25) is 0 Å². The van der Waals surface area contributed by atoms with E-state index >= 15 is 0 Å². The zero-order chi connectivity index (χ0) is 20.2. The van der Waals surface area contributed by atoms with Crippen molar-refractivity contribution in [3.05, 3.63) is 107 Å². The Morgan fingerprint density at radius 3 is 2.34 bits per heavy atom.